The first-order chi connectivity index (χ1) is 17.2. The minimum absolute atomic E-state index is 0.224. The van der Waals surface area contributed by atoms with Crippen molar-refractivity contribution in [2.24, 2.45) is 0 Å². The van der Waals surface area contributed by atoms with Gasteiger partial charge < -0.3 is 19.4 Å². The van der Waals surface area contributed by atoms with Crippen LogP contribution < -0.4 is 14.8 Å². The highest BCUT2D eigenvalue weighted by Gasteiger charge is 2.42. The largest absolute Gasteiger partial charge is 0.493 e. The summed E-state index contributed by atoms with van der Waals surface area (Å²) in [6, 6.07) is 12.2. The molecule has 1 aromatic heterocycles. The van der Waals surface area contributed by atoms with Gasteiger partial charge in [0.25, 0.3) is 5.91 Å². The third-order valence-electron chi connectivity index (χ3n) is 6.82. The molecule has 0 spiro atoms. The number of nitrogens with one attached hydrogen (secondary N) is 1. The zero-order valence-electron chi connectivity index (χ0n) is 21.3. The summed E-state index contributed by atoms with van der Waals surface area (Å²) in [7, 11) is 1.60. The molecule has 1 N–H and O–H groups in total. The number of rotatable bonds is 6. The fourth-order valence-electron chi connectivity index (χ4n) is 5.19. The molecule has 5 rings (SSSR count). The van der Waals surface area contributed by atoms with E-state index in [2.05, 4.69) is 42.6 Å². The summed E-state index contributed by atoms with van der Waals surface area (Å²) < 4.78 is 13.8. The van der Waals surface area contributed by atoms with Crippen molar-refractivity contribution in [2.75, 3.05) is 25.6 Å². The van der Waals surface area contributed by atoms with Gasteiger partial charge in [-0.15, -0.1) is 0 Å². The molecular weight excluding hydrogens is 454 g/mol. The maximum absolute atomic E-state index is 13.7. The molecule has 36 heavy (non-hydrogen) atoms. The first-order valence-corrected chi connectivity index (χ1v) is 12.1. The molecule has 0 saturated carbocycles. The van der Waals surface area contributed by atoms with Gasteiger partial charge in [-0.1, -0.05) is 18.7 Å². The van der Waals surface area contributed by atoms with Crippen molar-refractivity contribution in [3.63, 3.8) is 0 Å². The third-order valence-corrected chi connectivity index (χ3v) is 6.82. The second-order valence-electron chi connectivity index (χ2n) is 9.80. The van der Waals surface area contributed by atoms with Gasteiger partial charge in [0, 0.05) is 41.9 Å². The number of benzene rings is 2. The second-order valence-corrected chi connectivity index (χ2v) is 9.80. The number of hydrogen-bond acceptors (Lipinski definition) is 5. The SMILES string of the molecule is C=C(C)COc1ccc([C@@H]2C3=C(CN(C(C)=O)C3=O)Nc3cccc4c3c2cn4C(C)C)cc1OC. The Morgan fingerprint density at radius 1 is 1.19 bits per heavy atom. The Balaban J connectivity index is 1.74. The minimum Gasteiger partial charge on any atom is -0.493 e. The van der Waals surface area contributed by atoms with E-state index in [9.17, 15) is 9.59 Å². The van der Waals surface area contributed by atoms with E-state index in [1.54, 1.807) is 7.11 Å². The molecule has 3 heterocycles. The number of carbonyl (C=O) groups excluding carboxylic acids is 2. The summed E-state index contributed by atoms with van der Waals surface area (Å²) in [5, 5.41) is 4.59. The number of anilines is 1. The van der Waals surface area contributed by atoms with Gasteiger partial charge >= 0.3 is 0 Å². The Kier molecular flexibility index (Phi) is 5.86. The summed E-state index contributed by atoms with van der Waals surface area (Å²) >= 11 is 0. The van der Waals surface area contributed by atoms with Gasteiger partial charge in [0.15, 0.2) is 11.5 Å². The Morgan fingerprint density at radius 3 is 2.64 bits per heavy atom. The van der Waals surface area contributed by atoms with Crippen LogP contribution in [0.2, 0.25) is 0 Å². The molecule has 3 aromatic rings. The number of nitrogens with zero attached hydrogens (tertiary/aromatic N) is 2. The zero-order valence-corrected chi connectivity index (χ0v) is 21.3. The van der Waals surface area contributed by atoms with Crippen molar-refractivity contribution in [3.8, 4) is 11.5 Å². The van der Waals surface area contributed by atoms with Crippen LogP contribution in [0.15, 0.2) is 66.0 Å². The number of imide groups is 1. The fraction of sp³-hybridized carbons (Fsp3) is 0.310. The van der Waals surface area contributed by atoms with Crippen LogP contribution in [0, 0.1) is 0 Å². The third kappa shape index (κ3) is 3.75. The molecule has 0 bridgehead atoms. The number of ether oxygens (including phenoxy) is 2. The highest BCUT2D eigenvalue weighted by Crippen LogP contribution is 2.48. The van der Waals surface area contributed by atoms with Crippen LogP contribution in [0.4, 0.5) is 5.69 Å². The predicted octanol–water partition coefficient (Wildman–Crippen LogP) is 5.39. The summed E-state index contributed by atoms with van der Waals surface area (Å²) in [6.07, 6.45) is 2.14. The molecule has 2 aromatic carbocycles. The molecule has 7 nitrogen and oxygen atoms in total. The van der Waals surface area contributed by atoms with Gasteiger partial charge in [-0.2, -0.15) is 0 Å². The maximum atomic E-state index is 13.7. The van der Waals surface area contributed by atoms with E-state index in [-0.39, 0.29) is 30.3 Å². The normalized spacial score (nSPS) is 16.8. The van der Waals surface area contributed by atoms with Crippen LogP contribution in [-0.2, 0) is 9.59 Å². The molecule has 0 radical (unpaired) electrons. The molecule has 0 saturated heterocycles. The molecule has 0 fully saturated rings. The minimum atomic E-state index is -0.389. The van der Waals surface area contributed by atoms with Crippen molar-refractivity contribution in [3.05, 3.63) is 77.1 Å². The monoisotopic (exact) mass is 485 g/mol. The lowest BCUT2D eigenvalue weighted by molar-refractivity contribution is -0.139. The van der Waals surface area contributed by atoms with Gasteiger partial charge in [-0.25, -0.2) is 0 Å². The maximum Gasteiger partial charge on any atom is 0.259 e. The number of aromatic nitrogens is 1. The quantitative estimate of drug-likeness (QED) is 0.474. The fourth-order valence-corrected chi connectivity index (χ4v) is 5.19. The Bertz CT molecular complexity index is 1450. The number of amides is 2. The number of hydrogen-bond donors (Lipinski definition) is 1. The molecular formula is C29H31N3O4. The van der Waals surface area contributed by atoms with Crippen molar-refractivity contribution < 1.29 is 19.1 Å². The Hall–Kier alpha value is -4.00. The summed E-state index contributed by atoms with van der Waals surface area (Å²) in [4.78, 5) is 27.3. The van der Waals surface area contributed by atoms with E-state index in [4.69, 9.17) is 9.47 Å². The van der Waals surface area contributed by atoms with Gasteiger partial charge in [-0.3, -0.25) is 14.5 Å². The van der Waals surface area contributed by atoms with E-state index < -0.39 is 0 Å². The molecule has 186 valence electrons. The highest BCUT2D eigenvalue weighted by molar-refractivity contribution is 6.11. The van der Waals surface area contributed by atoms with E-state index >= 15 is 0 Å². The van der Waals surface area contributed by atoms with Crippen LogP contribution in [0.25, 0.3) is 10.9 Å². The van der Waals surface area contributed by atoms with Gasteiger partial charge in [0.2, 0.25) is 5.91 Å². The first kappa shape index (κ1) is 23.7. The van der Waals surface area contributed by atoms with Crippen molar-refractivity contribution in [2.45, 2.75) is 39.7 Å². The van der Waals surface area contributed by atoms with Crippen LogP contribution in [0.5, 0.6) is 11.5 Å². The average molecular weight is 486 g/mol. The molecule has 0 aliphatic carbocycles. The van der Waals surface area contributed by atoms with Gasteiger partial charge in [-0.05, 0) is 61.7 Å². The van der Waals surface area contributed by atoms with Crippen LogP contribution >= 0.6 is 0 Å². The van der Waals surface area contributed by atoms with E-state index in [0.29, 0.717) is 23.7 Å². The molecule has 2 amide bonds. The molecule has 0 unspecified atom stereocenters. The standard InChI is InChI=1S/C29H31N3O4/c1-16(2)15-36-24-11-10-19(12-25(24)35-6)26-20-13-31(17(3)4)23-9-7-8-21(27(20)23)30-22-14-32(18(5)33)29(34)28(22)26/h7-13,17,26,30H,1,14-15H2,2-6H3/t26-/m0/s1. The molecule has 2 aliphatic heterocycles. The van der Waals surface area contributed by atoms with Crippen LogP contribution in [0.3, 0.4) is 0 Å². The molecule has 7 heteroatoms. The van der Waals surface area contributed by atoms with Crippen molar-refractivity contribution in [1.82, 2.24) is 9.47 Å². The van der Waals surface area contributed by atoms with Crippen LogP contribution in [-0.4, -0.2) is 41.5 Å². The number of carbonyl (C=O) groups is 2. The van der Waals surface area contributed by atoms with Crippen molar-refractivity contribution in [1.29, 1.82) is 0 Å². The predicted molar refractivity (Wildman–Crippen MR) is 141 cm³/mol. The lowest BCUT2D eigenvalue weighted by atomic mass is 9.84. The smallest absolute Gasteiger partial charge is 0.259 e. The Morgan fingerprint density at radius 2 is 1.97 bits per heavy atom. The van der Waals surface area contributed by atoms with Crippen LogP contribution in [0.1, 0.15) is 50.8 Å². The second kappa shape index (κ2) is 8.90. The molecule has 2 aliphatic rings. The zero-order chi connectivity index (χ0) is 25.7. The summed E-state index contributed by atoms with van der Waals surface area (Å²) in [5.41, 5.74) is 6.18. The lowest BCUT2D eigenvalue weighted by Crippen LogP contribution is -2.33. The highest BCUT2D eigenvalue weighted by atomic mass is 16.5. The Labute approximate surface area is 211 Å². The molecule has 1 atom stereocenters. The van der Waals surface area contributed by atoms with E-state index in [0.717, 1.165) is 39.0 Å². The lowest BCUT2D eigenvalue weighted by Gasteiger charge is -2.21. The van der Waals surface area contributed by atoms with E-state index in [1.165, 1.54) is 11.8 Å². The first-order valence-electron chi connectivity index (χ1n) is 12.1. The number of methoxy groups -OCH3 is 1. The summed E-state index contributed by atoms with van der Waals surface area (Å²) in [5.74, 6) is 0.260. The van der Waals surface area contributed by atoms with Crippen molar-refractivity contribution >= 4 is 28.4 Å². The van der Waals surface area contributed by atoms with E-state index in [1.807, 2.05) is 37.3 Å². The van der Waals surface area contributed by atoms with Gasteiger partial charge in [0.1, 0.15) is 6.61 Å². The topological polar surface area (TPSA) is 72.8 Å². The van der Waals surface area contributed by atoms with Gasteiger partial charge in [0.05, 0.1) is 24.7 Å². The average Bonchev–Trinajstić information content (AvgIpc) is 3.33. The summed E-state index contributed by atoms with van der Waals surface area (Å²) in [6.45, 7) is 12.1.